The van der Waals surface area contributed by atoms with Crippen molar-refractivity contribution >= 4 is 17.7 Å². The number of carbonyl (C=O) groups is 1. The number of hydrogen-bond acceptors (Lipinski definition) is 4. The fourth-order valence-electron chi connectivity index (χ4n) is 4.05. The molecule has 0 bridgehead atoms. The second kappa shape index (κ2) is 11.2. The van der Waals surface area contributed by atoms with Crippen molar-refractivity contribution in [3.63, 3.8) is 0 Å². The molecule has 2 N–H and O–H groups in total. The van der Waals surface area contributed by atoms with Crippen LogP contribution in [-0.2, 0) is 4.74 Å². The molecule has 31 heavy (non-hydrogen) atoms. The van der Waals surface area contributed by atoms with Crippen molar-refractivity contribution in [3.05, 3.63) is 29.8 Å². The van der Waals surface area contributed by atoms with Crippen LogP contribution < -0.4 is 15.5 Å². The van der Waals surface area contributed by atoms with Crippen LogP contribution in [0.2, 0.25) is 0 Å². The van der Waals surface area contributed by atoms with Crippen molar-refractivity contribution in [1.82, 2.24) is 15.5 Å². The van der Waals surface area contributed by atoms with Gasteiger partial charge in [-0.3, -0.25) is 4.99 Å². The van der Waals surface area contributed by atoms with Crippen molar-refractivity contribution in [2.45, 2.75) is 39.2 Å². The zero-order valence-electron chi connectivity index (χ0n) is 18.4. The lowest BCUT2D eigenvalue weighted by molar-refractivity contribution is 0.0963. The van der Waals surface area contributed by atoms with Gasteiger partial charge in [-0.15, -0.1) is 0 Å². The maximum atomic E-state index is 13.5. The molecule has 2 aliphatic heterocycles. The number of anilines is 1. The Labute approximate surface area is 182 Å². The zero-order valence-corrected chi connectivity index (χ0v) is 18.4. The molecule has 2 heterocycles. The number of nitrogens with one attached hydrogen (secondary N) is 2. The summed E-state index contributed by atoms with van der Waals surface area (Å²) < 4.78 is 31.8. The SMILES string of the molecule is CCNC(=NCC1CCN(c2ccc(F)c(F)c2)C1)NC1CCN(C(=O)OCC)CC1. The molecule has 0 spiro atoms. The number of hydrogen-bond donors (Lipinski definition) is 2. The molecule has 1 aromatic rings. The first kappa shape index (κ1) is 23.1. The molecule has 7 nitrogen and oxygen atoms in total. The fraction of sp³-hybridized carbons (Fsp3) is 0.636. The van der Waals surface area contributed by atoms with E-state index in [1.165, 1.54) is 12.1 Å². The lowest BCUT2D eigenvalue weighted by Gasteiger charge is -2.32. The maximum Gasteiger partial charge on any atom is 0.409 e. The minimum absolute atomic E-state index is 0.242. The normalized spacial score (nSPS) is 20.1. The van der Waals surface area contributed by atoms with Gasteiger partial charge in [0.25, 0.3) is 0 Å². The molecule has 2 saturated heterocycles. The minimum Gasteiger partial charge on any atom is -0.450 e. The Balaban J connectivity index is 1.49. The Morgan fingerprint density at radius 2 is 1.94 bits per heavy atom. The van der Waals surface area contributed by atoms with E-state index in [-0.39, 0.29) is 12.1 Å². The molecule has 3 rings (SSSR count). The molecule has 0 aromatic heterocycles. The number of aliphatic imine (C=N–C) groups is 1. The number of carbonyl (C=O) groups excluding carboxylic acids is 1. The summed E-state index contributed by atoms with van der Waals surface area (Å²) >= 11 is 0. The largest absolute Gasteiger partial charge is 0.450 e. The first-order valence-corrected chi connectivity index (χ1v) is 11.2. The molecule has 1 unspecified atom stereocenters. The summed E-state index contributed by atoms with van der Waals surface area (Å²) in [6, 6.07) is 4.32. The van der Waals surface area contributed by atoms with Gasteiger partial charge in [0.15, 0.2) is 17.6 Å². The Morgan fingerprint density at radius 1 is 1.16 bits per heavy atom. The molecule has 2 fully saturated rings. The topological polar surface area (TPSA) is 69.2 Å². The molecular weight excluding hydrogens is 404 g/mol. The predicted molar refractivity (Wildman–Crippen MR) is 117 cm³/mol. The molecule has 2 aliphatic rings. The van der Waals surface area contributed by atoms with E-state index in [0.29, 0.717) is 37.8 Å². The van der Waals surface area contributed by atoms with E-state index < -0.39 is 11.6 Å². The molecule has 0 radical (unpaired) electrons. The number of halogens is 2. The minimum atomic E-state index is -0.821. The summed E-state index contributed by atoms with van der Waals surface area (Å²) in [6.07, 6.45) is 2.40. The van der Waals surface area contributed by atoms with Gasteiger partial charge in [-0.1, -0.05) is 0 Å². The standard InChI is InChI=1S/C22H33F2N5O2/c1-3-25-21(27-17-8-11-28(12-9-17)22(30)31-4-2)26-14-16-7-10-29(15-16)18-5-6-19(23)20(24)13-18/h5-6,13,16-17H,3-4,7-12,14-15H2,1-2H3,(H2,25,26,27). The highest BCUT2D eigenvalue weighted by molar-refractivity contribution is 5.80. The molecule has 1 atom stereocenters. The van der Waals surface area contributed by atoms with Crippen LogP contribution in [-0.4, -0.2) is 68.9 Å². The molecule has 1 amide bonds. The molecular formula is C22H33F2N5O2. The van der Waals surface area contributed by atoms with E-state index in [9.17, 15) is 13.6 Å². The first-order valence-electron chi connectivity index (χ1n) is 11.2. The van der Waals surface area contributed by atoms with Crippen molar-refractivity contribution in [1.29, 1.82) is 0 Å². The third-order valence-electron chi connectivity index (χ3n) is 5.77. The highest BCUT2D eigenvalue weighted by Gasteiger charge is 2.25. The van der Waals surface area contributed by atoms with Gasteiger partial charge in [0.2, 0.25) is 0 Å². The van der Waals surface area contributed by atoms with Gasteiger partial charge in [0.1, 0.15) is 0 Å². The Morgan fingerprint density at radius 3 is 2.61 bits per heavy atom. The number of guanidine groups is 1. The summed E-state index contributed by atoms with van der Waals surface area (Å²) in [5.74, 6) is -0.497. The van der Waals surface area contributed by atoms with E-state index in [1.54, 1.807) is 11.0 Å². The number of ether oxygens (including phenoxy) is 1. The first-order chi connectivity index (χ1) is 15.0. The lowest BCUT2D eigenvalue weighted by Crippen LogP contribution is -2.50. The summed E-state index contributed by atoms with van der Waals surface area (Å²) in [6.45, 7) is 8.57. The summed E-state index contributed by atoms with van der Waals surface area (Å²) in [5.41, 5.74) is 0.712. The number of rotatable bonds is 6. The number of amides is 1. The van der Waals surface area contributed by atoms with Gasteiger partial charge in [-0.05, 0) is 51.2 Å². The number of likely N-dealkylation sites (tertiary alicyclic amines) is 1. The fourth-order valence-corrected chi connectivity index (χ4v) is 4.05. The van der Waals surface area contributed by atoms with Crippen LogP contribution >= 0.6 is 0 Å². The lowest BCUT2D eigenvalue weighted by atomic mass is 10.1. The van der Waals surface area contributed by atoms with E-state index >= 15 is 0 Å². The van der Waals surface area contributed by atoms with E-state index in [0.717, 1.165) is 44.9 Å². The Bertz CT molecular complexity index is 768. The van der Waals surface area contributed by atoms with Crippen molar-refractivity contribution in [2.75, 3.05) is 50.8 Å². The quantitative estimate of drug-likeness (QED) is 0.529. The molecule has 0 aliphatic carbocycles. The van der Waals surface area contributed by atoms with Crippen molar-refractivity contribution in [2.24, 2.45) is 10.9 Å². The smallest absolute Gasteiger partial charge is 0.409 e. The average molecular weight is 438 g/mol. The van der Waals surface area contributed by atoms with Crippen LogP contribution in [0.3, 0.4) is 0 Å². The average Bonchev–Trinajstić information content (AvgIpc) is 3.24. The van der Waals surface area contributed by atoms with Crippen LogP contribution in [0, 0.1) is 17.6 Å². The van der Waals surface area contributed by atoms with Crippen LogP contribution in [0.1, 0.15) is 33.1 Å². The highest BCUT2D eigenvalue weighted by atomic mass is 19.2. The van der Waals surface area contributed by atoms with E-state index in [1.807, 2.05) is 13.8 Å². The Hall–Kier alpha value is -2.58. The highest BCUT2D eigenvalue weighted by Crippen LogP contribution is 2.25. The predicted octanol–water partition coefficient (Wildman–Crippen LogP) is 2.97. The third-order valence-corrected chi connectivity index (χ3v) is 5.77. The third kappa shape index (κ3) is 6.45. The second-order valence-corrected chi connectivity index (χ2v) is 8.02. The van der Waals surface area contributed by atoms with Gasteiger partial charge in [0, 0.05) is 57.1 Å². The summed E-state index contributed by atoms with van der Waals surface area (Å²) in [7, 11) is 0. The van der Waals surface area contributed by atoms with Gasteiger partial charge < -0.3 is 25.2 Å². The molecule has 9 heteroatoms. The van der Waals surface area contributed by atoms with Crippen molar-refractivity contribution < 1.29 is 18.3 Å². The summed E-state index contributed by atoms with van der Waals surface area (Å²) in [4.78, 5) is 20.4. The monoisotopic (exact) mass is 437 g/mol. The van der Waals surface area contributed by atoms with Gasteiger partial charge in [-0.2, -0.15) is 0 Å². The van der Waals surface area contributed by atoms with Gasteiger partial charge in [-0.25, -0.2) is 13.6 Å². The molecule has 0 saturated carbocycles. The van der Waals surface area contributed by atoms with Crippen LogP contribution in [0.4, 0.5) is 19.3 Å². The molecule has 1 aromatic carbocycles. The maximum absolute atomic E-state index is 13.5. The van der Waals surface area contributed by atoms with Gasteiger partial charge in [0.05, 0.1) is 6.61 Å². The van der Waals surface area contributed by atoms with E-state index in [2.05, 4.69) is 15.5 Å². The van der Waals surface area contributed by atoms with Crippen LogP contribution in [0.15, 0.2) is 23.2 Å². The number of nitrogens with zero attached hydrogens (tertiary/aromatic N) is 3. The van der Waals surface area contributed by atoms with Gasteiger partial charge >= 0.3 is 6.09 Å². The number of benzene rings is 1. The van der Waals surface area contributed by atoms with Crippen LogP contribution in [0.25, 0.3) is 0 Å². The zero-order chi connectivity index (χ0) is 22.2. The van der Waals surface area contributed by atoms with Crippen molar-refractivity contribution in [3.8, 4) is 0 Å². The van der Waals surface area contributed by atoms with E-state index in [4.69, 9.17) is 9.73 Å². The Kier molecular flexibility index (Phi) is 8.31. The molecule has 172 valence electrons. The van der Waals surface area contributed by atoms with Crippen LogP contribution in [0.5, 0.6) is 0 Å². The second-order valence-electron chi connectivity index (χ2n) is 8.02. The number of piperidine rings is 1. The summed E-state index contributed by atoms with van der Waals surface area (Å²) in [5, 5.41) is 6.78.